The summed E-state index contributed by atoms with van der Waals surface area (Å²) in [7, 11) is 0. The third-order valence-electron chi connectivity index (χ3n) is 2.80. The zero-order valence-corrected chi connectivity index (χ0v) is 9.56. The average Bonchev–Trinajstić information content (AvgIpc) is 2.30. The van der Waals surface area contributed by atoms with Crippen LogP contribution in [-0.2, 0) is 11.4 Å². The predicted octanol–water partition coefficient (Wildman–Crippen LogP) is 0.934. The first kappa shape index (κ1) is 11.6. The number of nitrogens with zero attached hydrogens (tertiary/aromatic N) is 1. The van der Waals surface area contributed by atoms with Crippen LogP contribution in [0.2, 0.25) is 0 Å². The Morgan fingerprint density at radius 1 is 1.41 bits per heavy atom. The Labute approximate surface area is 99.0 Å². The van der Waals surface area contributed by atoms with Crippen molar-refractivity contribution < 1.29 is 14.7 Å². The van der Waals surface area contributed by atoms with Crippen molar-refractivity contribution in [2.24, 2.45) is 0 Å². The van der Waals surface area contributed by atoms with Crippen molar-refractivity contribution >= 4 is 17.6 Å². The summed E-state index contributed by atoms with van der Waals surface area (Å²) in [4.78, 5) is 24.3. The second kappa shape index (κ2) is 4.55. The number of hydrogen-bond donors (Lipinski definition) is 2. The fraction of sp³-hybridized carbons (Fsp3) is 0.333. The maximum atomic E-state index is 11.7. The molecule has 2 N–H and O–H groups in total. The first-order chi connectivity index (χ1) is 8.11. The van der Waals surface area contributed by atoms with E-state index in [1.807, 2.05) is 19.1 Å². The number of anilines is 1. The zero-order valence-electron chi connectivity index (χ0n) is 9.56. The summed E-state index contributed by atoms with van der Waals surface area (Å²) >= 11 is 0. The predicted molar refractivity (Wildman–Crippen MR) is 62.6 cm³/mol. The van der Waals surface area contributed by atoms with Crippen LogP contribution in [0.1, 0.15) is 17.5 Å². The summed E-state index contributed by atoms with van der Waals surface area (Å²) in [6, 6.07) is 5.03. The van der Waals surface area contributed by atoms with Crippen molar-refractivity contribution in [3.05, 3.63) is 29.3 Å². The van der Waals surface area contributed by atoms with E-state index in [0.29, 0.717) is 13.0 Å². The normalized spacial score (nSPS) is 16.0. The lowest BCUT2D eigenvalue weighted by Gasteiger charge is -2.28. The highest BCUT2D eigenvalue weighted by Gasteiger charge is 2.25. The quantitative estimate of drug-likeness (QED) is 0.799. The van der Waals surface area contributed by atoms with Gasteiger partial charge in [-0.05, 0) is 24.1 Å². The lowest BCUT2D eigenvalue weighted by atomic mass is 10.1. The number of benzene rings is 1. The maximum absolute atomic E-state index is 11.7. The molecule has 1 aliphatic rings. The highest BCUT2D eigenvalue weighted by Crippen LogP contribution is 2.23. The van der Waals surface area contributed by atoms with Crippen LogP contribution in [0.5, 0.6) is 0 Å². The van der Waals surface area contributed by atoms with Crippen LogP contribution in [0.4, 0.5) is 10.5 Å². The lowest BCUT2D eigenvalue weighted by Crippen LogP contribution is -2.49. The third kappa shape index (κ3) is 2.29. The van der Waals surface area contributed by atoms with Crippen LogP contribution in [0.15, 0.2) is 18.2 Å². The van der Waals surface area contributed by atoms with Crippen molar-refractivity contribution in [3.63, 3.8) is 0 Å². The van der Waals surface area contributed by atoms with Crippen molar-refractivity contribution in [2.45, 2.75) is 20.0 Å². The summed E-state index contributed by atoms with van der Waals surface area (Å²) in [5.41, 5.74) is 2.42. The number of nitrogens with one attached hydrogen (secondary N) is 1. The number of carbonyl (C=O) groups is 2. The van der Waals surface area contributed by atoms with Crippen molar-refractivity contribution in [1.82, 2.24) is 5.32 Å². The number of aliphatic hydroxyl groups is 1. The van der Waals surface area contributed by atoms with E-state index in [-0.39, 0.29) is 12.5 Å². The summed E-state index contributed by atoms with van der Waals surface area (Å²) in [6.07, 6.45) is 0.300. The molecule has 1 aliphatic heterocycles. The molecule has 0 aromatic heterocycles. The summed E-state index contributed by atoms with van der Waals surface area (Å²) in [5, 5.41) is 11.4. The number of aliphatic hydroxyl groups excluding tert-OH is 1. The van der Waals surface area contributed by atoms with Crippen LogP contribution in [0, 0.1) is 6.92 Å². The van der Waals surface area contributed by atoms with Gasteiger partial charge in [-0.25, -0.2) is 4.79 Å². The number of aryl methyl sites for hydroxylation is 1. The summed E-state index contributed by atoms with van der Waals surface area (Å²) < 4.78 is 0. The largest absolute Gasteiger partial charge is 0.392 e. The first-order valence-corrected chi connectivity index (χ1v) is 5.43. The molecule has 90 valence electrons. The molecule has 0 atom stereocenters. The van der Waals surface area contributed by atoms with Gasteiger partial charge in [0.1, 0.15) is 0 Å². The molecule has 1 aromatic rings. The minimum absolute atomic E-state index is 0.0678. The van der Waals surface area contributed by atoms with Gasteiger partial charge >= 0.3 is 6.03 Å². The van der Waals surface area contributed by atoms with Gasteiger partial charge in [0.15, 0.2) is 0 Å². The molecule has 1 fully saturated rings. The minimum atomic E-state index is -0.403. The molecule has 1 saturated heterocycles. The standard InChI is InChI=1S/C12H14N2O3/c1-8-2-3-9(7-15)6-10(8)14-5-4-11(16)13-12(14)17/h2-3,6,15H,4-5,7H2,1H3,(H,13,16,17). The van der Waals surface area contributed by atoms with E-state index in [1.165, 1.54) is 4.90 Å². The number of carbonyl (C=O) groups excluding carboxylic acids is 2. The Balaban J connectivity index is 2.33. The van der Waals surface area contributed by atoms with Gasteiger partial charge in [0, 0.05) is 18.7 Å². The highest BCUT2D eigenvalue weighted by atomic mass is 16.3. The molecular formula is C12H14N2O3. The lowest BCUT2D eigenvalue weighted by molar-refractivity contribution is -0.120. The Kier molecular flexibility index (Phi) is 3.10. The van der Waals surface area contributed by atoms with Gasteiger partial charge in [0.2, 0.25) is 5.91 Å². The van der Waals surface area contributed by atoms with E-state index in [4.69, 9.17) is 5.11 Å². The Morgan fingerprint density at radius 3 is 2.82 bits per heavy atom. The smallest absolute Gasteiger partial charge is 0.328 e. The molecule has 17 heavy (non-hydrogen) atoms. The molecule has 5 nitrogen and oxygen atoms in total. The van der Waals surface area contributed by atoms with Crippen LogP contribution in [-0.4, -0.2) is 23.6 Å². The Bertz CT molecular complexity index is 471. The number of amides is 3. The van der Waals surface area contributed by atoms with E-state index in [2.05, 4.69) is 5.32 Å². The van der Waals surface area contributed by atoms with Crippen LogP contribution in [0.25, 0.3) is 0 Å². The van der Waals surface area contributed by atoms with Gasteiger partial charge in [-0.2, -0.15) is 0 Å². The number of urea groups is 1. The summed E-state index contributed by atoms with van der Waals surface area (Å²) in [5.74, 6) is -0.248. The Morgan fingerprint density at radius 2 is 2.18 bits per heavy atom. The fourth-order valence-electron chi connectivity index (χ4n) is 1.84. The molecule has 3 amide bonds. The van der Waals surface area contributed by atoms with Gasteiger partial charge in [-0.3, -0.25) is 15.0 Å². The molecular weight excluding hydrogens is 220 g/mol. The Hall–Kier alpha value is -1.88. The van der Waals surface area contributed by atoms with Gasteiger partial charge in [-0.1, -0.05) is 12.1 Å². The van der Waals surface area contributed by atoms with Crippen molar-refractivity contribution in [3.8, 4) is 0 Å². The molecule has 0 bridgehead atoms. The van der Waals surface area contributed by atoms with Crippen molar-refractivity contribution in [1.29, 1.82) is 0 Å². The molecule has 0 saturated carbocycles. The van der Waals surface area contributed by atoms with Gasteiger partial charge in [0.05, 0.1) is 6.61 Å². The van der Waals surface area contributed by atoms with Crippen LogP contribution in [0.3, 0.4) is 0 Å². The van der Waals surface area contributed by atoms with Gasteiger partial charge in [0.25, 0.3) is 0 Å². The summed E-state index contributed by atoms with van der Waals surface area (Å²) in [6.45, 7) is 2.20. The maximum Gasteiger partial charge on any atom is 0.328 e. The van der Waals surface area contributed by atoms with Crippen LogP contribution < -0.4 is 10.2 Å². The minimum Gasteiger partial charge on any atom is -0.392 e. The number of hydrogen-bond acceptors (Lipinski definition) is 3. The molecule has 0 unspecified atom stereocenters. The fourth-order valence-corrected chi connectivity index (χ4v) is 1.84. The molecule has 2 rings (SSSR count). The first-order valence-electron chi connectivity index (χ1n) is 5.43. The molecule has 0 radical (unpaired) electrons. The van der Waals surface area contributed by atoms with E-state index < -0.39 is 6.03 Å². The van der Waals surface area contributed by atoms with Crippen molar-refractivity contribution in [2.75, 3.05) is 11.4 Å². The molecule has 0 spiro atoms. The second-order valence-corrected chi connectivity index (χ2v) is 4.03. The monoisotopic (exact) mass is 234 g/mol. The highest BCUT2D eigenvalue weighted by molar-refractivity contribution is 6.05. The van der Waals surface area contributed by atoms with E-state index in [1.54, 1.807) is 6.07 Å². The zero-order chi connectivity index (χ0) is 12.4. The van der Waals surface area contributed by atoms with E-state index in [0.717, 1.165) is 16.8 Å². The van der Waals surface area contributed by atoms with Crippen LogP contribution >= 0.6 is 0 Å². The van der Waals surface area contributed by atoms with Gasteiger partial charge in [-0.15, -0.1) is 0 Å². The molecule has 0 aliphatic carbocycles. The number of rotatable bonds is 2. The van der Waals surface area contributed by atoms with E-state index >= 15 is 0 Å². The average molecular weight is 234 g/mol. The van der Waals surface area contributed by atoms with E-state index in [9.17, 15) is 9.59 Å². The van der Waals surface area contributed by atoms with Gasteiger partial charge < -0.3 is 5.11 Å². The topological polar surface area (TPSA) is 69.6 Å². The SMILES string of the molecule is Cc1ccc(CO)cc1N1CCC(=O)NC1=O. The third-order valence-corrected chi connectivity index (χ3v) is 2.80. The number of imide groups is 1. The molecule has 1 aromatic carbocycles. The molecule has 5 heteroatoms. The second-order valence-electron chi connectivity index (χ2n) is 4.03. The molecule has 1 heterocycles.